The van der Waals surface area contributed by atoms with Crippen LogP contribution in [0, 0.1) is 17.2 Å². The number of benzene rings is 2. The fraction of sp³-hybridized carbons (Fsp3) is 0.364. The molecule has 0 spiro atoms. The molecular weight excluding hydrogens is 632 g/mol. The Hall–Kier alpha value is -4.80. The van der Waals surface area contributed by atoms with Crippen molar-refractivity contribution in [3.05, 3.63) is 80.7 Å². The van der Waals surface area contributed by atoms with Crippen LogP contribution in [0.1, 0.15) is 52.5 Å². The van der Waals surface area contributed by atoms with E-state index in [0.717, 1.165) is 0 Å². The van der Waals surface area contributed by atoms with E-state index in [2.05, 4.69) is 10.3 Å². The third kappa shape index (κ3) is 5.03. The first-order valence-electron chi connectivity index (χ1n) is 15.2. The monoisotopic (exact) mass is 661 g/mol. The zero-order chi connectivity index (χ0) is 33.4. The zero-order valence-corrected chi connectivity index (χ0v) is 26.3. The van der Waals surface area contributed by atoms with Crippen molar-refractivity contribution in [3.63, 3.8) is 0 Å². The van der Waals surface area contributed by atoms with Gasteiger partial charge in [-0.2, -0.15) is 5.26 Å². The molecule has 47 heavy (non-hydrogen) atoms. The number of alkyl halides is 2. The van der Waals surface area contributed by atoms with E-state index in [4.69, 9.17) is 11.6 Å². The van der Waals surface area contributed by atoms with Crippen molar-refractivity contribution in [1.82, 2.24) is 19.0 Å². The Labute approximate surface area is 272 Å². The van der Waals surface area contributed by atoms with Crippen molar-refractivity contribution < 1.29 is 23.5 Å². The van der Waals surface area contributed by atoms with Gasteiger partial charge in [0.1, 0.15) is 17.9 Å². The Morgan fingerprint density at radius 2 is 1.74 bits per heavy atom. The van der Waals surface area contributed by atoms with Crippen LogP contribution in [0.25, 0.3) is 11.0 Å². The first-order chi connectivity index (χ1) is 22.3. The molecule has 4 aromatic rings. The summed E-state index contributed by atoms with van der Waals surface area (Å²) in [6, 6.07) is 12.9. The second-order valence-corrected chi connectivity index (χ2v) is 13.0. The highest BCUT2D eigenvalue weighted by Gasteiger charge is 2.57. The number of imidazole rings is 1. The van der Waals surface area contributed by atoms with Gasteiger partial charge in [-0.15, -0.1) is 0 Å². The fourth-order valence-corrected chi connectivity index (χ4v) is 6.75. The second-order valence-electron chi connectivity index (χ2n) is 12.6. The van der Waals surface area contributed by atoms with Crippen molar-refractivity contribution in [2.45, 2.75) is 50.3 Å². The number of aliphatic hydroxyl groups is 1. The van der Waals surface area contributed by atoms with Gasteiger partial charge in [-0.25, -0.2) is 18.6 Å². The number of pyridine rings is 1. The van der Waals surface area contributed by atoms with E-state index in [-0.39, 0.29) is 45.6 Å². The summed E-state index contributed by atoms with van der Waals surface area (Å²) >= 11 is 6.55. The smallest absolute Gasteiger partial charge is 0.328 e. The number of aromatic nitrogens is 3. The molecule has 3 aliphatic rings. The first kappa shape index (κ1) is 30.8. The maximum Gasteiger partial charge on any atom is 0.328 e. The van der Waals surface area contributed by atoms with Crippen LogP contribution in [0.5, 0.6) is 0 Å². The number of hydrogen-bond acceptors (Lipinski definition) is 8. The molecule has 1 aliphatic carbocycles. The molecular formula is C33H30ClF2N7O4. The van der Waals surface area contributed by atoms with E-state index in [1.165, 1.54) is 34.6 Å². The van der Waals surface area contributed by atoms with Gasteiger partial charge in [-0.1, -0.05) is 30.7 Å². The van der Waals surface area contributed by atoms with E-state index in [1.807, 2.05) is 6.07 Å². The summed E-state index contributed by atoms with van der Waals surface area (Å²) in [5, 5.41) is 23.6. The Morgan fingerprint density at radius 3 is 2.38 bits per heavy atom. The number of nitrogens with one attached hydrogen (secondary N) is 1. The van der Waals surface area contributed by atoms with E-state index in [1.54, 1.807) is 41.9 Å². The van der Waals surface area contributed by atoms with Crippen LogP contribution in [-0.4, -0.2) is 66.6 Å². The van der Waals surface area contributed by atoms with Crippen LogP contribution in [0.3, 0.4) is 0 Å². The third-order valence-electron chi connectivity index (χ3n) is 9.54. The molecule has 0 bridgehead atoms. The van der Waals surface area contributed by atoms with Crippen LogP contribution >= 0.6 is 11.6 Å². The van der Waals surface area contributed by atoms with E-state index in [9.17, 15) is 24.8 Å². The summed E-state index contributed by atoms with van der Waals surface area (Å²) < 4.78 is 34.7. The molecule has 7 rings (SSSR count). The first-order valence-corrected chi connectivity index (χ1v) is 15.6. The Morgan fingerprint density at radius 1 is 1.06 bits per heavy atom. The predicted molar refractivity (Wildman–Crippen MR) is 170 cm³/mol. The molecule has 2 fully saturated rings. The van der Waals surface area contributed by atoms with E-state index < -0.39 is 41.8 Å². The average Bonchev–Trinajstić information content (AvgIpc) is 3.67. The molecule has 0 radical (unpaired) electrons. The standard InChI is InChI=1S/C33H30ClF2N7O4/c1-18-16-41(17-26(33(18,35)36)43-29(44)21-5-3-4-6-22(21)30(43)45)28-19(15-37)13-23(34)27(39-28)38-20-7-8-24-25(14-20)42(31(46)40(24)2)12-11-32(47)9-10-32/h3-8,13-14,18,26,47H,9-12,16-17H2,1-2H3,(H,38,39)/t18-,26+/m0/s1. The van der Waals surface area contributed by atoms with E-state index in [0.29, 0.717) is 47.4 Å². The van der Waals surface area contributed by atoms with E-state index >= 15 is 8.78 Å². The lowest BCUT2D eigenvalue weighted by molar-refractivity contribution is -0.111. The van der Waals surface area contributed by atoms with Crippen LogP contribution < -0.4 is 15.9 Å². The molecule has 2 aromatic carbocycles. The number of imide groups is 1. The summed E-state index contributed by atoms with van der Waals surface area (Å²) in [4.78, 5) is 46.2. The number of aryl methyl sites for hydroxylation is 2. The second kappa shape index (κ2) is 10.9. The van der Waals surface area contributed by atoms with Gasteiger partial charge in [0.2, 0.25) is 0 Å². The van der Waals surface area contributed by atoms with Crippen molar-refractivity contribution >= 4 is 51.8 Å². The summed E-state index contributed by atoms with van der Waals surface area (Å²) in [7, 11) is 1.67. The number of anilines is 3. The highest BCUT2D eigenvalue weighted by molar-refractivity contribution is 6.33. The number of nitriles is 1. The van der Waals surface area contributed by atoms with Crippen LogP contribution in [0.15, 0.2) is 53.3 Å². The number of rotatable bonds is 7. The fourth-order valence-electron chi connectivity index (χ4n) is 6.55. The van der Waals surface area contributed by atoms with Crippen molar-refractivity contribution in [3.8, 4) is 6.07 Å². The topological polar surface area (TPSA) is 136 Å². The normalized spacial score (nSPS) is 21.2. The molecule has 1 saturated heterocycles. The lowest BCUT2D eigenvalue weighted by Crippen LogP contribution is -2.64. The molecule has 2 atom stereocenters. The summed E-state index contributed by atoms with van der Waals surface area (Å²) in [5.74, 6) is -6.11. The Kier molecular flexibility index (Phi) is 7.14. The van der Waals surface area contributed by atoms with Crippen molar-refractivity contribution in [1.29, 1.82) is 5.26 Å². The predicted octanol–water partition coefficient (Wildman–Crippen LogP) is 4.67. The Bertz CT molecular complexity index is 2050. The van der Waals surface area contributed by atoms with Gasteiger partial charge in [0.15, 0.2) is 5.82 Å². The maximum atomic E-state index is 15.8. The van der Waals surface area contributed by atoms with Gasteiger partial charge in [-0.3, -0.25) is 23.6 Å². The summed E-state index contributed by atoms with van der Waals surface area (Å²) in [6.45, 7) is 1.00. The quantitative estimate of drug-likeness (QED) is 0.273. The van der Waals surface area contributed by atoms with Crippen LogP contribution in [0.4, 0.5) is 26.1 Å². The summed E-state index contributed by atoms with van der Waals surface area (Å²) in [5.41, 5.74) is 1.05. The molecule has 4 heterocycles. The van der Waals surface area contributed by atoms with Gasteiger partial charge in [-0.05, 0) is 55.7 Å². The van der Waals surface area contributed by atoms with Gasteiger partial charge < -0.3 is 15.3 Å². The highest BCUT2D eigenvalue weighted by Crippen LogP contribution is 2.42. The summed E-state index contributed by atoms with van der Waals surface area (Å²) in [6.07, 6.45) is 1.86. The molecule has 2 aliphatic heterocycles. The lowest BCUT2D eigenvalue weighted by atomic mass is 9.89. The molecule has 2 N–H and O–H groups in total. The average molecular weight is 662 g/mol. The molecule has 1 saturated carbocycles. The van der Waals surface area contributed by atoms with Crippen molar-refractivity contribution in [2.75, 3.05) is 23.3 Å². The number of fused-ring (bicyclic) bond motifs is 2. The number of hydrogen-bond donors (Lipinski definition) is 2. The van der Waals surface area contributed by atoms with Gasteiger partial charge in [0.25, 0.3) is 17.7 Å². The SMILES string of the molecule is C[C@H]1CN(c2nc(Nc3ccc4c(c3)n(CCC3(O)CC3)c(=O)n4C)c(Cl)cc2C#N)C[C@@H](N2C(=O)c3ccccc3C2=O)C1(F)F. The largest absolute Gasteiger partial charge is 0.390 e. The van der Waals surface area contributed by atoms with Gasteiger partial charge in [0.05, 0.1) is 38.3 Å². The third-order valence-corrected chi connectivity index (χ3v) is 9.83. The number of amides is 2. The molecule has 242 valence electrons. The lowest BCUT2D eigenvalue weighted by Gasteiger charge is -2.45. The molecule has 2 aromatic heterocycles. The zero-order valence-electron chi connectivity index (χ0n) is 25.5. The van der Waals surface area contributed by atoms with Crippen LogP contribution in [0.2, 0.25) is 5.02 Å². The minimum Gasteiger partial charge on any atom is -0.390 e. The molecule has 14 heteroatoms. The number of carbonyl (C=O) groups excluding carboxylic acids is 2. The minimum atomic E-state index is -3.42. The number of nitrogens with zero attached hydrogens (tertiary/aromatic N) is 6. The molecule has 2 amide bonds. The number of carbonyl (C=O) groups is 2. The van der Waals surface area contributed by atoms with Crippen LogP contribution in [-0.2, 0) is 13.6 Å². The highest BCUT2D eigenvalue weighted by atomic mass is 35.5. The van der Waals surface area contributed by atoms with Crippen molar-refractivity contribution in [2.24, 2.45) is 13.0 Å². The molecule has 11 nitrogen and oxygen atoms in total. The number of piperidine rings is 1. The minimum absolute atomic E-state index is 0.0319. The van der Waals surface area contributed by atoms with Gasteiger partial charge in [0, 0.05) is 38.3 Å². The Balaban J connectivity index is 1.22. The number of halogens is 3. The van der Waals surface area contributed by atoms with Gasteiger partial charge >= 0.3 is 5.69 Å². The molecule has 0 unspecified atom stereocenters. The maximum absolute atomic E-state index is 15.8.